The van der Waals surface area contributed by atoms with Crippen LogP contribution in [0.1, 0.15) is 11.3 Å². The quantitative estimate of drug-likeness (QED) is 0.431. The fraction of sp³-hybridized carbons (Fsp3) is 0.227. The number of carbonyl (C=O) groups is 1. The summed E-state index contributed by atoms with van der Waals surface area (Å²) < 4.78 is 7.27. The normalized spacial score (nSPS) is 10.8. The van der Waals surface area contributed by atoms with Crippen LogP contribution < -0.4 is 5.32 Å². The maximum absolute atomic E-state index is 13.0. The molecule has 0 unspecified atom stereocenters. The molecule has 30 heavy (non-hydrogen) atoms. The predicted molar refractivity (Wildman–Crippen MR) is 123 cm³/mol. The zero-order chi connectivity index (χ0) is 21.5. The summed E-state index contributed by atoms with van der Waals surface area (Å²) in [7, 11) is 1.60. The number of nitrogens with one attached hydrogen (secondary N) is 1. The van der Waals surface area contributed by atoms with Crippen molar-refractivity contribution in [1.29, 1.82) is 0 Å². The van der Waals surface area contributed by atoms with E-state index in [9.17, 15) is 4.79 Å². The second-order valence-electron chi connectivity index (χ2n) is 6.70. The Morgan fingerprint density at radius 1 is 1.10 bits per heavy atom. The fourth-order valence-corrected chi connectivity index (χ4v) is 3.58. The van der Waals surface area contributed by atoms with Crippen molar-refractivity contribution in [3.63, 3.8) is 0 Å². The molecule has 0 fully saturated rings. The number of rotatable bonds is 8. The van der Waals surface area contributed by atoms with Crippen molar-refractivity contribution >= 4 is 46.5 Å². The molecule has 3 rings (SSSR count). The van der Waals surface area contributed by atoms with Crippen molar-refractivity contribution in [2.75, 3.05) is 25.6 Å². The van der Waals surface area contributed by atoms with Crippen LogP contribution in [0.15, 0.2) is 60.8 Å². The molecule has 1 aromatic heterocycles. The molecule has 5 nitrogen and oxygen atoms in total. The smallest absolute Gasteiger partial charge is 0.322 e. The van der Waals surface area contributed by atoms with E-state index in [2.05, 4.69) is 9.88 Å². The number of methoxy groups -OCH3 is 1. The zero-order valence-corrected chi connectivity index (χ0v) is 18.7. The van der Waals surface area contributed by atoms with Crippen LogP contribution >= 0.6 is 34.8 Å². The molecule has 2 aromatic carbocycles. The molecule has 1 N–H and O–H groups in total. The Hall–Kier alpha value is -2.18. The van der Waals surface area contributed by atoms with E-state index in [1.54, 1.807) is 30.2 Å². The van der Waals surface area contributed by atoms with Gasteiger partial charge < -0.3 is 19.5 Å². The van der Waals surface area contributed by atoms with Gasteiger partial charge in [-0.15, -0.1) is 0 Å². The van der Waals surface area contributed by atoms with E-state index in [1.165, 1.54) is 0 Å². The highest BCUT2D eigenvalue weighted by molar-refractivity contribution is 6.43. The lowest BCUT2D eigenvalue weighted by atomic mass is 10.2. The molecule has 2 amide bonds. The van der Waals surface area contributed by atoms with Crippen molar-refractivity contribution in [2.45, 2.75) is 13.1 Å². The Bertz CT molecular complexity index is 1010. The van der Waals surface area contributed by atoms with E-state index < -0.39 is 0 Å². The molecule has 158 valence electrons. The van der Waals surface area contributed by atoms with Crippen LogP contribution in [0.2, 0.25) is 15.1 Å². The first kappa shape index (κ1) is 22.5. The lowest BCUT2D eigenvalue weighted by molar-refractivity contribution is 0.152. The number of anilines is 1. The third-order valence-electron chi connectivity index (χ3n) is 4.56. The summed E-state index contributed by atoms with van der Waals surface area (Å²) in [5.41, 5.74) is 2.53. The van der Waals surface area contributed by atoms with Crippen LogP contribution in [0.5, 0.6) is 0 Å². The SMILES string of the molecule is COCCN(Cc1cccn1Cc1cccc(Cl)c1)C(=O)Nc1cccc(Cl)c1Cl. The highest BCUT2D eigenvalue weighted by Gasteiger charge is 2.17. The van der Waals surface area contributed by atoms with Gasteiger partial charge in [-0.2, -0.15) is 0 Å². The molecular weight excluding hydrogens is 445 g/mol. The third kappa shape index (κ3) is 5.92. The zero-order valence-electron chi connectivity index (χ0n) is 16.4. The van der Waals surface area contributed by atoms with Gasteiger partial charge in [0.2, 0.25) is 0 Å². The van der Waals surface area contributed by atoms with E-state index in [1.807, 2.05) is 42.6 Å². The lowest BCUT2D eigenvalue weighted by Gasteiger charge is -2.24. The molecule has 0 spiro atoms. The third-order valence-corrected chi connectivity index (χ3v) is 5.62. The van der Waals surface area contributed by atoms with Crippen LogP contribution in [0.4, 0.5) is 10.5 Å². The molecule has 0 saturated heterocycles. The first-order chi connectivity index (χ1) is 14.5. The topological polar surface area (TPSA) is 46.5 Å². The van der Waals surface area contributed by atoms with Gasteiger partial charge in [0.25, 0.3) is 0 Å². The molecule has 0 aliphatic heterocycles. The van der Waals surface area contributed by atoms with E-state index in [-0.39, 0.29) is 6.03 Å². The van der Waals surface area contributed by atoms with Gasteiger partial charge in [0.15, 0.2) is 0 Å². The van der Waals surface area contributed by atoms with Gasteiger partial charge in [-0.3, -0.25) is 0 Å². The maximum atomic E-state index is 13.0. The van der Waals surface area contributed by atoms with Gasteiger partial charge in [0.1, 0.15) is 0 Å². The number of hydrogen-bond acceptors (Lipinski definition) is 2. The molecular formula is C22H22Cl3N3O2. The van der Waals surface area contributed by atoms with Crippen molar-refractivity contribution in [2.24, 2.45) is 0 Å². The maximum Gasteiger partial charge on any atom is 0.322 e. The minimum atomic E-state index is -0.285. The first-order valence-electron chi connectivity index (χ1n) is 9.35. The summed E-state index contributed by atoms with van der Waals surface area (Å²) in [6, 6.07) is 16.5. The number of nitrogens with zero attached hydrogens (tertiary/aromatic N) is 2. The minimum Gasteiger partial charge on any atom is -0.383 e. The number of ether oxygens (including phenoxy) is 1. The van der Waals surface area contributed by atoms with E-state index in [4.69, 9.17) is 39.5 Å². The van der Waals surface area contributed by atoms with Crippen LogP contribution in [-0.2, 0) is 17.8 Å². The van der Waals surface area contributed by atoms with Crippen molar-refractivity contribution in [3.8, 4) is 0 Å². The van der Waals surface area contributed by atoms with Gasteiger partial charge in [-0.25, -0.2) is 4.79 Å². The summed E-state index contributed by atoms with van der Waals surface area (Å²) in [6.07, 6.45) is 1.98. The Morgan fingerprint density at radius 3 is 2.67 bits per heavy atom. The Kier molecular flexibility index (Phi) is 8.05. The minimum absolute atomic E-state index is 0.285. The highest BCUT2D eigenvalue weighted by Crippen LogP contribution is 2.29. The number of benzene rings is 2. The number of halogens is 3. The van der Waals surface area contributed by atoms with Crippen molar-refractivity contribution in [1.82, 2.24) is 9.47 Å². The van der Waals surface area contributed by atoms with Crippen LogP contribution in [0.3, 0.4) is 0 Å². The van der Waals surface area contributed by atoms with Gasteiger partial charge in [0, 0.05) is 37.1 Å². The highest BCUT2D eigenvalue weighted by atomic mass is 35.5. The number of carbonyl (C=O) groups excluding carboxylic acids is 1. The number of aromatic nitrogens is 1. The second kappa shape index (κ2) is 10.7. The van der Waals surface area contributed by atoms with Gasteiger partial charge in [0.05, 0.1) is 28.9 Å². The summed E-state index contributed by atoms with van der Waals surface area (Å²) in [6.45, 7) is 1.89. The number of amides is 2. The molecule has 0 radical (unpaired) electrons. The standard InChI is InChI=1S/C22H22Cl3N3O2/c1-30-12-11-28(22(29)26-20-9-3-8-19(24)21(20)25)15-18-7-4-10-27(18)14-16-5-2-6-17(23)13-16/h2-10,13H,11-12,14-15H2,1H3,(H,26,29). The molecule has 8 heteroatoms. The number of urea groups is 1. The van der Waals surface area contributed by atoms with E-state index in [0.717, 1.165) is 11.3 Å². The van der Waals surface area contributed by atoms with Gasteiger partial charge >= 0.3 is 6.03 Å². The Balaban J connectivity index is 1.76. The molecule has 0 bridgehead atoms. The van der Waals surface area contributed by atoms with Crippen LogP contribution in [-0.4, -0.2) is 35.8 Å². The van der Waals surface area contributed by atoms with Gasteiger partial charge in [-0.05, 0) is 42.0 Å². The second-order valence-corrected chi connectivity index (χ2v) is 7.92. The predicted octanol–water partition coefficient (Wildman–Crippen LogP) is 6.18. The average Bonchev–Trinajstić information content (AvgIpc) is 3.15. The molecule has 0 saturated carbocycles. The molecule has 0 aliphatic rings. The van der Waals surface area contributed by atoms with Crippen LogP contribution in [0.25, 0.3) is 0 Å². The molecule has 0 atom stereocenters. The lowest BCUT2D eigenvalue weighted by Crippen LogP contribution is -2.37. The van der Waals surface area contributed by atoms with Gasteiger partial charge in [-0.1, -0.05) is 53.0 Å². The summed E-state index contributed by atoms with van der Waals surface area (Å²) >= 11 is 18.4. The Morgan fingerprint density at radius 2 is 1.90 bits per heavy atom. The first-order valence-corrected chi connectivity index (χ1v) is 10.5. The van der Waals surface area contributed by atoms with E-state index in [0.29, 0.717) is 47.0 Å². The monoisotopic (exact) mass is 465 g/mol. The average molecular weight is 467 g/mol. The molecule has 3 aromatic rings. The summed E-state index contributed by atoms with van der Waals surface area (Å²) in [5, 5.41) is 4.22. The summed E-state index contributed by atoms with van der Waals surface area (Å²) in [4.78, 5) is 14.6. The van der Waals surface area contributed by atoms with Crippen molar-refractivity contribution in [3.05, 3.63) is 87.1 Å². The molecule has 0 aliphatic carbocycles. The van der Waals surface area contributed by atoms with Crippen molar-refractivity contribution < 1.29 is 9.53 Å². The number of hydrogen-bond donors (Lipinski definition) is 1. The summed E-state index contributed by atoms with van der Waals surface area (Å²) in [5.74, 6) is 0. The van der Waals surface area contributed by atoms with Crippen LogP contribution in [0, 0.1) is 0 Å². The largest absolute Gasteiger partial charge is 0.383 e. The van der Waals surface area contributed by atoms with E-state index >= 15 is 0 Å². The fourth-order valence-electron chi connectivity index (χ4n) is 3.02. The molecule has 1 heterocycles. The Labute approximate surface area is 191 Å².